The summed E-state index contributed by atoms with van der Waals surface area (Å²) in [6.07, 6.45) is 2.06. The number of carbonyl (C=O) groups excluding carboxylic acids is 1. The van der Waals surface area contributed by atoms with Crippen LogP contribution in [0.5, 0.6) is 11.5 Å². The number of methoxy groups -OCH3 is 2. The lowest BCUT2D eigenvalue weighted by atomic mass is 10.1. The summed E-state index contributed by atoms with van der Waals surface area (Å²) in [6, 6.07) is 6.49. The van der Waals surface area contributed by atoms with Crippen LogP contribution in [0.4, 0.5) is 0 Å². The van der Waals surface area contributed by atoms with Gasteiger partial charge in [-0.1, -0.05) is 13.0 Å². The minimum absolute atomic E-state index is 0.183. The second kappa shape index (κ2) is 10.8. The Morgan fingerprint density at radius 1 is 1.18 bits per heavy atom. The number of H-pyrrole nitrogens is 1. The molecule has 0 saturated carbocycles. The van der Waals surface area contributed by atoms with E-state index in [9.17, 15) is 14.4 Å². The predicted molar refractivity (Wildman–Crippen MR) is 123 cm³/mol. The second-order valence-electron chi connectivity index (χ2n) is 7.45. The van der Waals surface area contributed by atoms with E-state index >= 15 is 0 Å². The number of aromatic nitrogens is 3. The van der Waals surface area contributed by atoms with Gasteiger partial charge in [0.2, 0.25) is 0 Å². The van der Waals surface area contributed by atoms with Crippen LogP contribution in [0.25, 0.3) is 11.0 Å². The molecule has 10 heteroatoms. The number of rotatable bonds is 10. The summed E-state index contributed by atoms with van der Waals surface area (Å²) in [6.45, 7) is 5.00. The summed E-state index contributed by atoms with van der Waals surface area (Å²) >= 11 is 0. The quantitative estimate of drug-likeness (QED) is 0.447. The van der Waals surface area contributed by atoms with Crippen molar-refractivity contribution in [2.24, 2.45) is 0 Å². The number of benzene rings is 1. The van der Waals surface area contributed by atoms with E-state index in [0.717, 1.165) is 5.56 Å². The van der Waals surface area contributed by atoms with Gasteiger partial charge in [0.05, 0.1) is 30.7 Å². The number of hydrogen-bond donors (Lipinski definition) is 2. The molecular weight excluding hydrogens is 428 g/mol. The number of hydrogen-bond acceptors (Lipinski definition) is 7. The molecule has 0 aliphatic rings. The first-order valence-corrected chi connectivity index (χ1v) is 10.6. The van der Waals surface area contributed by atoms with Crippen LogP contribution >= 0.6 is 0 Å². The number of aromatic amines is 1. The monoisotopic (exact) mass is 456 g/mol. The predicted octanol–water partition coefficient (Wildman–Crippen LogP) is 2.02. The Balaban J connectivity index is 1.82. The van der Waals surface area contributed by atoms with Crippen LogP contribution in [0.1, 0.15) is 42.2 Å². The highest BCUT2D eigenvalue weighted by atomic mass is 16.5. The summed E-state index contributed by atoms with van der Waals surface area (Å²) in [5.74, 6) is 0.717. The summed E-state index contributed by atoms with van der Waals surface area (Å²) in [4.78, 5) is 43.7. The highest BCUT2D eigenvalue weighted by Crippen LogP contribution is 2.30. The molecule has 3 rings (SSSR count). The Morgan fingerprint density at radius 3 is 2.67 bits per heavy atom. The van der Waals surface area contributed by atoms with Crippen molar-refractivity contribution in [3.05, 3.63) is 62.4 Å². The van der Waals surface area contributed by atoms with Crippen LogP contribution in [0.3, 0.4) is 0 Å². The molecule has 1 aromatic carbocycles. The van der Waals surface area contributed by atoms with Crippen molar-refractivity contribution in [1.29, 1.82) is 0 Å². The summed E-state index contributed by atoms with van der Waals surface area (Å²) < 4.78 is 17.4. The summed E-state index contributed by atoms with van der Waals surface area (Å²) in [7, 11) is 3.14. The van der Waals surface area contributed by atoms with Crippen molar-refractivity contribution < 1.29 is 19.0 Å². The number of aryl methyl sites for hydroxylation is 1. The van der Waals surface area contributed by atoms with Gasteiger partial charge in [0.15, 0.2) is 11.5 Å². The van der Waals surface area contributed by atoms with E-state index in [1.165, 1.54) is 16.8 Å². The van der Waals surface area contributed by atoms with Gasteiger partial charge in [0.25, 0.3) is 11.5 Å². The minimum Gasteiger partial charge on any atom is -0.493 e. The van der Waals surface area contributed by atoms with E-state index in [4.69, 9.17) is 14.2 Å². The van der Waals surface area contributed by atoms with E-state index in [1.807, 2.05) is 19.9 Å². The van der Waals surface area contributed by atoms with Gasteiger partial charge in [0, 0.05) is 19.9 Å². The molecule has 1 atom stereocenters. The van der Waals surface area contributed by atoms with Crippen LogP contribution < -0.4 is 26.0 Å². The first-order valence-electron chi connectivity index (χ1n) is 10.6. The van der Waals surface area contributed by atoms with Gasteiger partial charge in [-0.2, -0.15) is 0 Å². The van der Waals surface area contributed by atoms with Gasteiger partial charge in [0.1, 0.15) is 12.3 Å². The first-order chi connectivity index (χ1) is 15.9. The third-order valence-corrected chi connectivity index (χ3v) is 5.12. The number of pyridine rings is 1. The van der Waals surface area contributed by atoms with E-state index in [0.29, 0.717) is 37.7 Å². The Morgan fingerprint density at radius 2 is 1.97 bits per heavy atom. The van der Waals surface area contributed by atoms with Crippen LogP contribution in [-0.2, 0) is 11.3 Å². The van der Waals surface area contributed by atoms with Crippen LogP contribution in [0.15, 0.2) is 40.1 Å². The molecule has 2 aromatic heterocycles. The SMILES string of the molecule is CCCn1c(=O)[nH]c(=O)c2cc(C(=O)NC(C)c3ccc(OCCOC)c(OC)c3)cnc21. The topological polar surface area (TPSA) is 125 Å². The van der Waals surface area contributed by atoms with Gasteiger partial charge in [-0.3, -0.25) is 19.1 Å². The van der Waals surface area contributed by atoms with E-state index < -0.39 is 17.2 Å². The van der Waals surface area contributed by atoms with Gasteiger partial charge in [-0.05, 0) is 37.1 Å². The second-order valence-corrected chi connectivity index (χ2v) is 7.45. The maximum atomic E-state index is 12.9. The Bertz CT molecular complexity index is 1250. The van der Waals surface area contributed by atoms with Crippen molar-refractivity contribution in [2.45, 2.75) is 32.9 Å². The lowest BCUT2D eigenvalue weighted by molar-refractivity contribution is 0.0939. The fourth-order valence-corrected chi connectivity index (χ4v) is 3.39. The Labute approximate surface area is 190 Å². The highest BCUT2D eigenvalue weighted by molar-refractivity contribution is 5.96. The molecule has 1 amide bonds. The Hall–Kier alpha value is -3.66. The van der Waals surface area contributed by atoms with Crippen molar-refractivity contribution in [3.63, 3.8) is 0 Å². The number of amides is 1. The zero-order valence-corrected chi connectivity index (χ0v) is 19.1. The molecule has 33 heavy (non-hydrogen) atoms. The molecule has 2 N–H and O–H groups in total. The zero-order valence-electron chi connectivity index (χ0n) is 19.1. The van der Waals surface area contributed by atoms with Crippen molar-refractivity contribution in [1.82, 2.24) is 19.9 Å². The molecule has 1 unspecified atom stereocenters. The lowest BCUT2D eigenvalue weighted by Gasteiger charge is -2.17. The first kappa shape index (κ1) is 24.0. The smallest absolute Gasteiger partial charge is 0.329 e. The molecule has 0 radical (unpaired) electrons. The third-order valence-electron chi connectivity index (χ3n) is 5.12. The fourth-order valence-electron chi connectivity index (χ4n) is 3.39. The highest BCUT2D eigenvalue weighted by Gasteiger charge is 2.17. The van der Waals surface area contributed by atoms with Crippen LogP contribution in [0.2, 0.25) is 0 Å². The van der Waals surface area contributed by atoms with E-state index in [2.05, 4.69) is 15.3 Å². The summed E-state index contributed by atoms with van der Waals surface area (Å²) in [5, 5.41) is 3.08. The average molecular weight is 456 g/mol. The number of fused-ring (bicyclic) bond motifs is 1. The van der Waals surface area contributed by atoms with Crippen LogP contribution in [-0.4, -0.2) is 47.9 Å². The number of nitrogens with zero attached hydrogens (tertiary/aromatic N) is 2. The molecule has 0 fully saturated rings. The molecule has 2 heterocycles. The van der Waals surface area contributed by atoms with Crippen molar-refractivity contribution >= 4 is 16.9 Å². The molecule has 3 aromatic rings. The van der Waals surface area contributed by atoms with E-state index in [-0.39, 0.29) is 22.6 Å². The van der Waals surface area contributed by atoms with E-state index in [1.54, 1.807) is 26.4 Å². The minimum atomic E-state index is -0.577. The Kier molecular flexibility index (Phi) is 7.83. The largest absolute Gasteiger partial charge is 0.493 e. The zero-order chi connectivity index (χ0) is 24.0. The normalized spacial score (nSPS) is 11.9. The molecule has 0 aliphatic carbocycles. The maximum absolute atomic E-state index is 12.9. The lowest BCUT2D eigenvalue weighted by Crippen LogP contribution is -2.31. The number of ether oxygens (including phenoxy) is 3. The molecule has 176 valence electrons. The standard InChI is InChI=1S/C23H28N4O6/c1-5-8-27-20-17(22(29)26-23(27)30)11-16(13-24-20)21(28)25-14(2)15-6-7-18(19(12-15)32-4)33-10-9-31-3/h6-7,11-14H,5,8-10H2,1-4H3,(H,25,28)(H,26,29,30). The fraction of sp³-hybridized carbons (Fsp3) is 0.391. The summed E-state index contributed by atoms with van der Waals surface area (Å²) in [5.41, 5.74) is 0.183. The van der Waals surface area contributed by atoms with Crippen molar-refractivity contribution in [2.75, 3.05) is 27.4 Å². The third kappa shape index (κ3) is 5.40. The molecular formula is C23H28N4O6. The average Bonchev–Trinajstić information content (AvgIpc) is 2.81. The molecule has 0 spiro atoms. The van der Waals surface area contributed by atoms with Gasteiger partial charge in [-0.15, -0.1) is 0 Å². The number of carbonyl (C=O) groups is 1. The number of nitrogens with one attached hydrogen (secondary N) is 2. The molecule has 0 aliphatic heterocycles. The molecule has 0 bridgehead atoms. The maximum Gasteiger partial charge on any atom is 0.329 e. The molecule has 10 nitrogen and oxygen atoms in total. The van der Waals surface area contributed by atoms with Crippen LogP contribution in [0, 0.1) is 0 Å². The van der Waals surface area contributed by atoms with Crippen molar-refractivity contribution in [3.8, 4) is 11.5 Å². The van der Waals surface area contributed by atoms with Gasteiger partial charge < -0.3 is 19.5 Å². The van der Waals surface area contributed by atoms with Gasteiger partial charge in [-0.25, -0.2) is 9.78 Å². The van der Waals surface area contributed by atoms with Gasteiger partial charge >= 0.3 is 5.69 Å². The molecule has 0 saturated heterocycles.